The standard InChI is InChI=1S/C9H16BN/c1-9-6-4-3-5-8(9)11-7-10(9)2/h3-4,8,11H,5-7H2,1-2H3. The molecule has 0 aromatic heterocycles. The molecule has 0 spiro atoms. The third-order valence-electron chi connectivity index (χ3n) is 3.69. The summed E-state index contributed by atoms with van der Waals surface area (Å²) in [6.45, 7) is 5.63. The molecular formula is C9H16BN. The van der Waals surface area contributed by atoms with Crippen molar-refractivity contribution in [3.05, 3.63) is 12.2 Å². The predicted octanol–water partition coefficient (Wildman–Crippen LogP) is 1.73. The zero-order valence-corrected chi connectivity index (χ0v) is 7.43. The first-order chi connectivity index (χ1) is 5.23. The van der Waals surface area contributed by atoms with E-state index in [1.165, 1.54) is 19.3 Å². The van der Waals surface area contributed by atoms with Crippen LogP contribution >= 0.6 is 0 Å². The van der Waals surface area contributed by atoms with Gasteiger partial charge in [-0.2, -0.15) is 0 Å². The van der Waals surface area contributed by atoms with Crippen molar-refractivity contribution in [2.24, 2.45) is 0 Å². The van der Waals surface area contributed by atoms with E-state index >= 15 is 0 Å². The molecule has 60 valence electrons. The molecule has 2 unspecified atom stereocenters. The summed E-state index contributed by atoms with van der Waals surface area (Å²) in [5.41, 5.74) is 0. The average molecular weight is 149 g/mol. The molecule has 1 N–H and O–H groups in total. The summed E-state index contributed by atoms with van der Waals surface area (Å²) in [4.78, 5) is 0. The van der Waals surface area contributed by atoms with Crippen LogP contribution in [0.3, 0.4) is 0 Å². The number of rotatable bonds is 0. The van der Waals surface area contributed by atoms with E-state index in [1.807, 2.05) is 0 Å². The second-order valence-electron chi connectivity index (χ2n) is 4.28. The zero-order valence-electron chi connectivity index (χ0n) is 7.43. The molecule has 0 bridgehead atoms. The van der Waals surface area contributed by atoms with Crippen LogP contribution in [0.1, 0.15) is 19.8 Å². The van der Waals surface area contributed by atoms with Crippen LogP contribution in [0, 0.1) is 0 Å². The van der Waals surface area contributed by atoms with Crippen molar-refractivity contribution >= 4 is 6.71 Å². The van der Waals surface area contributed by atoms with Gasteiger partial charge in [-0.15, -0.1) is 0 Å². The molecule has 0 aromatic carbocycles. The second kappa shape index (κ2) is 2.38. The Labute approximate surface area is 69.3 Å². The van der Waals surface area contributed by atoms with E-state index in [0.717, 1.165) is 12.8 Å². The first-order valence-electron chi connectivity index (χ1n) is 4.62. The third kappa shape index (κ3) is 0.960. The highest BCUT2D eigenvalue weighted by Gasteiger charge is 2.45. The molecule has 1 heterocycles. The summed E-state index contributed by atoms with van der Waals surface area (Å²) in [6.07, 6.45) is 8.38. The molecule has 0 amide bonds. The first-order valence-corrected chi connectivity index (χ1v) is 4.62. The molecule has 1 aliphatic carbocycles. The van der Waals surface area contributed by atoms with E-state index in [4.69, 9.17) is 0 Å². The normalized spacial score (nSPS) is 42.7. The smallest absolute Gasteiger partial charge is 0.161 e. The maximum atomic E-state index is 3.60. The largest absolute Gasteiger partial charge is 0.321 e. The van der Waals surface area contributed by atoms with Gasteiger partial charge >= 0.3 is 0 Å². The summed E-state index contributed by atoms with van der Waals surface area (Å²) in [6, 6.07) is 0.752. The minimum absolute atomic E-state index is 0.550. The molecule has 1 aliphatic heterocycles. The van der Waals surface area contributed by atoms with Crippen LogP contribution in [-0.4, -0.2) is 19.2 Å². The Morgan fingerprint density at radius 2 is 2.36 bits per heavy atom. The van der Waals surface area contributed by atoms with Crippen LogP contribution in [0.15, 0.2) is 12.2 Å². The van der Waals surface area contributed by atoms with Gasteiger partial charge in [-0.3, -0.25) is 0 Å². The molecule has 11 heavy (non-hydrogen) atoms. The van der Waals surface area contributed by atoms with Gasteiger partial charge < -0.3 is 5.32 Å². The quantitative estimate of drug-likeness (QED) is 0.408. The first kappa shape index (κ1) is 7.42. The Kier molecular flexibility index (Phi) is 1.60. The number of hydrogen-bond acceptors (Lipinski definition) is 1. The highest BCUT2D eigenvalue weighted by molar-refractivity contribution is 6.62. The van der Waals surface area contributed by atoms with Crippen LogP contribution in [-0.2, 0) is 0 Å². The summed E-state index contributed by atoms with van der Waals surface area (Å²) in [7, 11) is 0. The minimum atomic E-state index is 0.550. The average Bonchev–Trinajstić information content (AvgIpc) is 2.29. The summed E-state index contributed by atoms with van der Waals surface area (Å²) in [5.74, 6) is 0. The molecule has 2 heteroatoms. The van der Waals surface area contributed by atoms with Crippen molar-refractivity contribution in [1.29, 1.82) is 0 Å². The maximum absolute atomic E-state index is 3.60. The molecule has 1 nitrogen and oxygen atoms in total. The lowest BCUT2D eigenvalue weighted by molar-refractivity contribution is 0.432. The van der Waals surface area contributed by atoms with Crippen molar-refractivity contribution in [3.8, 4) is 0 Å². The molecule has 2 rings (SSSR count). The number of hydrogen-bond donors (Lipinski definition) is 1. The zero-order chi connectivity index (χ0) is 7.90. The minimum Gasteiger partial charge on any atom is -0.321 e. The van der Waals surface area contributed by atoms with Gasteiger partial charge in [-0.25, -0.2) is 0 Å². The van der Waals surface area contributed by atoms with E-state index in [0.29, 0.717) is 5.31 Å². The Morgan fingerprint density at radius 3 is 3.09 bits per heavy atom. The van der Waals surface area contributed by atoms with Gasteiger partial charge in [0.1, 0.15) is 0 Å². The molecular weight excluding hydrogens is 133 g/mol. The Bertz CT molecular complexity index is 190. The van der Waals surface area contributed by atoms with Crippen LogP contribution in [0.5, 0.6) is 0 Å². The van der Waals surface area contributed by atoms with Gasteiger partial charge in [0.2, 0.25) is 0 Å². The highest BCUT2D eigenvalue weighted by atomic mass is 14.9. The number of nitrogens with one attached hydrogen (secondary N) is 1. The summed E-state index contributed by atoms with van der Waals surface area (Å²) >= 11 is 0. The van der Waals surface area contributed by atoms with Gasteiger partial charge in [0.05, 0.1) is 0 Å². The van der Waals surface area contributed by atoms with Crippen molar-refractivity contribution < 1.29 is 0 Å². The van der Waals surface area contributed by atoms with Crippen molar-refractivity contribution in [1.82, 2.24) is 5.32 Å². The summed E-state index contributed by atoms with van der Waals surface area (Å²) in [5, 5.41) is 4.15. The fourth-order valence-corrected chi connectivity index (χ4v) is 2.39. The molecule has 2 aliphatic rings. The topological polar surface area (TPSA) is 12.0 Å². The third-order valence-corrected chi connectivity index (χ3v) is 3.69. The van der Waals surface area contributed by atoms with Crippen molar-refractivity contribution in [2.45, 2.75) is 37.9 Å². The highest BCUT2D eigenvalue weighted by Crippen LogP contribution is 2.45. The van der Waals surface area contributed by atoms with Crippen LogP contribution in [0.4, 0.5) is 0 Å². The maximum Gasteiger partial charge on any atom is 0.161 e. The van der Waals surface area contributed by atoms with E-state index in [-0.39, 0.29) is 0 Å². The van der Waals surface area contributed by atoms with Gasteiger partial charge in [0.25, 0.3) is 0 Å². The molecule has 2 atom stereocenters. The number of allylic oxidation sites excluding steroid dienone is 1. The lowest BCUT2D eigenvalue weighted by atomic mass is 9.34. The molecule has 0 saturated carbocycles. The van der Waals surface area contributed by atoms with Crippen molar-refractivity contribution in [3.63, 3.8) is 0 Å². The Hall–Kier alpha value is -0.235. The van der Waals surface area contributed by atoms with Gasteiger partial charge in [-0.1, -0.05) is 25.9 Å². The fourth-order valence-electron chi connectivity index (χ4n) is 2.39. The SMILES string of the molecule is CB1CNC2CC=CCC12C. The second-order valence-corrected chi connectivity index (χ2v) is 4.28. The molecule has 0 aromatic rings. The van der Waals surface area contributed by atoms with E-state index in [9.17, 15) is 0 Å². The fraction of sp³-hybridized carbons (Fsp3) is 0.778. The van der Waals surface area contributed by atoms with Gasteiger partial charge in [0, 0.05) is 6.04 Å². The van der Waals surface area contributed by atoms with Crippen molar-refractivity contribution in [2.75, 3.05) is 6.44 Å². The lowest BCUT2D eigenvalue weighted by Crippen LogP contribution is -2.34. The van der Waals surface area contributed by atoms with Crippen LogP contribution in [0.25, 0.3) is 0 Å². The van der Waals surface area contributed by atoms with Crippen LogP contribution < -0.4 is 5.32 Å². The van der Waals surface area contributed by atoms with E-state index in [2.05, 4.69) is 31.2 Å². The Balaban J connectivity index is 2.24. The van der Waals surface area contributed by atoms with E-state index in [1.54, 1.807) is 0 Å². The van der Waals surface area contributed by atoms with Gasteiger partial charge in [0.15, 0.2) is 6.71 Å². The predicted molar refractivity (Wildman–Crippen MR) is 50.1 cm³/mol. The monoisotopic (exact) mass is 149 g/mol. The van der Waals surface area contributed by atoms with Crippen LogP contribution in [0.2, 0.25) is 12.1 Å². The lowest BCUT2D eigenvalue weighted by Gasteiger charge is -2.35. The Morgan fingerprint density at radius 1 is 1.55 bits per heavy atom. The van der Waals surface area contributed by atoms with Gasteiger partial charge in [-0.05, 0) is 24.6 Å². The summed E-state index contributed by atoms with van der Waals surface area (Å²) < 4.78 is 0. The molecule has 1 fully saturated rings. The number of fused-ring (bicyclic) bond motifs is 1. The van der Waals surface area contributed by atoms with E-state index < -0.39 is 0 Å². The molecule has 1 saturated heterocycles. The molecule has 0 radical (unpaired) electrons.